The summed E-state index contributed by atoms with van der Waals surface area (Å²) in [6.45, 7) is -2.32. The summed E-state index contributed by atoms with van der Waals surface area (Å²) in [5.74, 6) is -12.7. The number of hydrogen-bond acceptors (Lipinski definition) is 8. The molecule has 1 aliphatic rings. The van der Waals surface area contributed by atoms with E-state index >= 15 is 0 Å². The summed E-state index contributed by atoms with van der Waals surface area (Å²) in [7, 11) is 0. The van der Waals surface area contributed by atoms with E-state index in [4.69, 9.17) is 0 Å². The van der Waals surface area contributed by atoms with Gasteiger partial charge in [0, 0.05) is 12.8 Å². The Morgan fingerprint density at radius 3 is 1.59 bits per heavy atom. The van der Waals surface area contributed by atoms with Gasteiger partial charge in [-0.25, -0.2) is 14.4 Å². The molecule has 1 aliphatic heterocycles. The molecule has 1 saturated heterocycles. The van der Waals surface area contributed by atoms with Crippen LogP contribution in [0.1, 0.15) is 12.8 Å². The minimum atomic E-state index is -6.38. The molecule has 0 atom stereocenters. The Morgan fingerprint density at radius 2 is 1.17 bits per heavy atom. The predicted molar refractivity (Wildman–Crippen MR) is 97.8 cm³/mol. The van der Waals surface area contributed by atoms with Gasteiger partial charge in [0.1, 0.15) is 0 Å². The molecule has 41 heavy (non-hydrogen) atoms. The third-order valence-electron chi connectivity index (χ3n) is 4.89. The topological polar surface area (TPSA) is 97.4 Å². The number of carbonyl (C=O) groups is 3. The first kappa shape index (κ1) is 36.1. The molecule has 0 bridgehead atoms. The number of ether oxygens (including phenoxy) is 5. The third kappa shape index (κ3) is 9.57. The maximum Gasteiger partial charge on any atom is 0.434 e. The lowest BCUT2D eigenvalue weighted by Gasteiger charge is -2.40. The molecule has 0 aliphatic carbocycles. The highest BCUT2D eigenvalue weighted by atomic mass is 19.4. The molecule has 0 radical (unpaired) electrons. The lowest BCUT2D eigenvalue weighted by Crippen LogP contribution is -2.61. The maximum atomic E-state index is 14.9. The van der Waals surface area contributed by atoms with Crippen molar-refractivity contribution in [1.82, 2.24) is 0 Å². The van der Waals surface area contributed by atoms with E-state index in [1.165, 1.54) is 0 Å². The second-order valence-corrected chi connectivity index (χ2v) is 7.98. The summed E-state index contributed by atoms with van der Waals surface area (Å²) in [6, 6.07) is 0. The van der Waals surface area contributed by atoms with Crippen LogP contribution in [0.2, 0.25) is 0 Å². The van der Waals surface area contributed by atoms with Gasteiger partial charge in [0.05, 0.1) is 25.4 Å². The lowest BCUT2D eigenvalue weighted by atomic mass is 9.86. The molecule has 0 N–H and O–H groups in total. The molecular formula is C19H16F14O8. The minimum absolute atomic E-state index is 0.786. The summed E-state index contributed by atoms with van der Waals surface area (Å²) < 4.78 is 200. The number of halogens is 14. The monoisotopic (exact) mass is 638 g/mol. The standard InChI is InChI=1S/C19H16F14O8/c1-8(6-39-11(16(22,23)24)17(25,26)27)10(35)38-7-9(34)41-14(2-4-37-5-3-14)15(20,21)13(36)40-12(18(28,29)30)19(31,32)33/h11-12H,1-7H2. The average Bonchev–Trinajstić information content (AvgIpc) is 2.77. The quantitative estimate of drug-likeness (QED) is 0.151. The Morgan fingerprint density at radius 1 is 0.732 bits per heavy atom. The van der Waals surface area contributed by atoms with Crippen LogP contribution in [-0.4, -0.2) is 92.8 Å². The molecule has 22 heteroatoms. The van der Waals surface area contributed by atoms with Crippen LogP contribution in [0.25, 0.3) is 0 Å². The summed E-state index contributed by atoms with van der Waals surface area (Å²) in [5.41, 5.74) is -4.75. The van der Waals surface area contributed by atoms with Crippen LogP contribution in [0.5, 0.6) is 0 Å². The second-order valence-electron chi connectivity index (χ2n) is 7.98. The lowest BCUT2D eigenvalue weighted by molar-refractivity contribution is -0.323. The fourth-order valence-electron chi connectivity index (χ4n) is 2.96. The van der Waals surface area contributed by atoms with Gasteiger partial charge in [0.15, 0.2) is 12.2 Å². The molecule has 0 aromatic heterocycles. The summed E-state index contributed by atoms with van der Waals surface area (Å²) in [4.78, 5) is 35.6. The van der Waals surface area contributed by atoms with E-state index < -0.39 is 111 Å². The van der Waals surface area contributed by atoms with Crippen molar-refractivity contribution >= 4 is 17.9 Å². The molecule has 0 aromatic carbocycles. The van der Waals surface area contributed by atoms with Gasteiger partial charge in [-0.15, -0.1) is 0 Å². The Labute approximate surface area is 218 Å². The van der Waals surface area contributed by atoms with E-state index in [1.54, 1.807) is 0 Å². The van der Waals surface area contributed by atoms with Crippen molar-refractivity contribution in [2.45, 2.75) is 61.3 Å². The zero-order valence-electron chi connectivity index (χ0n) is 19.7. The molecule has 1 rings (SSSR count). The van der Waals surface area contributed by atoms with Crippen LogP contribution in [0.4, 0.5) is 61.5 Å². The number of hydrogen-bond donors (Lipinski definition) is 0. The first-order chi connectivity index (χ1) is 18.3. The number of carbonyl (C=O) groups excluding carboxylic acids is 3. The third-order valence-corrected chi connectivity index (χ3v) is 4.89. The molecular weight excluding hydrogens is 622 g/mol. The second kappa shape index (κ2) is 12.5. The van der Waals surface area contributed by atoms with Crippen LogP contribution in [0.15, 0.2) is 12.2 Å². The maximum absolute atomic E-state index is 14.9. The average molecular weight is 638 g/mol. The largest absolute Gasteiger partial charge is 0.450 e. The highest BCUT2D eigenvalue weighted by Gasteiger charge is 2.67. The Hall–Kier alpha value is -2.91. The van der Waals surface area contributed by atoms with E-state index in [1.807, 2.05) is 0 Å². The number of rotatable bonds is 10. The normalized spacial score (nSPS) is 16.9. The van der Waals surface area contributed by atoms with E-state index in [2.05, 4.69) is 30.3 Å². The van der Waals surface area contributed by atoms with E-state index in [0.717, 1.165) is 0 Å². The van der Waals surface area contributed by atoms with Gasteiger partial charge in [-0.3, -0.25) is 0 Å². The van der Waals surface area contributed by atoms with Crippen LogP contribution >= 0.6 is 0 Å². The van der Waals surface area contributed by atoms with Gasteiger partial charge >= 0.3 is 48.5 Å². The van der Waals surface area contributed by atoms with Gasteiger partial charge in [-0.2, -0.15) is 61.5 Å². The first-order valence-electron chi connectivity index (χ1n) is 10.4. The summed E-state index contributed by atoms with van der Waals surface area (Å²) in [6.07, 6.45) is -36.5. The predicted octanol–water partition coefficient (Wildman–Crippen LogP) is 4.36. The van der Waals surface area contributed by atoms with Crippen molar-refractivity contribution in [1.29, 1.82) is 0 Å². The highest BCUT2D eigenvalue weighted by Crippen LogP contribution is 2.44. The van der Waals surface area contributed by atoms with Gasteiger partial charge in [0.25, 0.3) is 6.10 Å². The van der Waals surface area contributed by atoms with E-state index in [0.29, 0.717) is 0 Å². The Balaban J connectivity index is 2.97. The Bertz CT molecular complexity index is 933. The first-order valence-corrected chi connectivity index (χ1v) is 10.4. The molecule has 1 fully saturated rings. The molecule has 0 unspecified atom stereocenters. The zero-order valence-corrected chi connectivity index (χ0v) is 19.7. The molecule has 8 nitrogen and oxygen atoms in total. The van der Waals surface area contributed by atoms with Crippen molar-refractivity contribution in [2.75, 3.05) is 26.4 Å². The van der Waals surface area contributed by atoms with Crippen molar-refractivity contribution in [3.63, 3.8) is 0 Å². The number of alkyl halides is 14. The van der Waals surface area contributed by atoms with Crippen LogP contribution in [-0.2, 0) is 38.1 Å². The number of esters is 3. The fourth-order valence-corrected chi connectivity index (χ4v) is 2.96. The zero-order chi connectivity index (χ0) is 32.2. The van der Waals surface area contributed by atoms with Gasteiger partial charge in [-0.05, 0) is 0 Å². The van der Waals surface area contributed by atoms with Crippen molar-refractivity contribution in [2.24, 2.45) is 0 Å². The summed E-state index contributed by atoms with van der Waals surface area (Å²) in [5, 5.41) is 0. The molecule has 1 heterocycles. The van der Waals surface area contributed by atoms with Crippen molar-refractivity contribution in [3.05, 3.63) is 12.2 Å². The van der Waals surface area contributed by atoms with Crippen molar-refractivity contribution in [3.8, 4) is 0 Å². The molecule has 238 valence electrons. The molecule has 0 saturated carbocycles. The Kier molecular flexibility index (Phi) is 11.0. The van der Waals surface area contributed by atoms with Crippen molar-refractivity contribution < 1.29 is 99.5 Å². The highest BCUT2D eigenvalue weighted by molar-refractivity contribution is 5.89. The molecule has 0 amide bonds. The van der Waals surface area contributed by atoms with Crippen LogP contribution < -0.4 is 0 Å². The molecule has 0 aromatic rings. The van der Waals surface area contributed by atoms with E-state index in [9.17, 15) is 75.8 Å². The van der Waals surface area contributed by atoms with Crippen LogP contribution in [0, 0.1) is 0 Å². The van der Waals surface area contributed by atoms with E-state index in [-0.39, 0.29) is 0 Å². The van der Waals surface area contributed by atoms with Crippen LogP contribution in [0.3, 0.4) is 0 Å². The van der Waals surface area contributed by atoms with Gasteiger partial charge in [-0.1, -0.05) is 6.58 Å². The smallest absolute Gasteiger partial charge is 0.434 e. The molecule has 0 spiro atoms. The summed E-state index contributed by atoms with van der Waals surface area (Å²) >= 11 is 0. The van der Waals surface area contributed by atoms with Gasteiger partial charge in [0.2, 0.25) is 6.10 Å². The van der Waals surface area contributed by atoms with Gasteiger partial charge < -0.3 is 23.7 Å². The SMILES string of the molecule is C=C(COC(C(F)(F)F)C(F)(F)F)C(=O)OCC(=O)OC1(C(F)(F)C(=O)OC(C(F)(F)F)C(F)(F)F)CCOCC1. The fraction of sp³-hybridized carbons (Fsp3) is 0.737. The minimum Gasteiger partial charge on any atom is -0.450 e.